The van der Waals surface area contributed by atoms with Gasteiger partial charge < -0.3 is 10.0 Å². The normalized spacial score (nSPS) is 24.0. The fourth-order valence-electron chi connectivity index (χ4n) is 2.52. The number of piperidine rings is 1. The molecule has 2 heterocycles. The number of rotatable bonds is 3. The Morgan fingerprint density at radius 3 is 2.89 bits per heavy atom. The second kappa shape index (κ2) is 4.55. The third-order valence-corrected chi connectivity index (χ3v) is 3.76. The Kier molecular flexibility index (Phi) is 2.89. The van der Waals surface area contributed by atoms with Crippen molar-refractivity contribution in [1.29, 1.82) is 0 Å². The Bertz CT molecular complexity index is 459. The number of nitrogens with zero attached hydrogens (tertiary/aromatic N) is 3. The maximum atomic E-state index is 11.1. The maximum Gasteiger partial charge on any atom is 0.308 e. The van der Waals surface area contributed by atoms with Crippen LogP contribution in [-0.4, -0.2) is 34.1 Å². The van der Waals surface area contributed by atoms with Crippen LogP contribution in [0.1, 0.15) is 37.3 Å². The third-order valence-electron chi connectivity index (χ3n) is 3.76. The van der Waals surface area contributed by atoms with Gasteiger partial charge in [0.2, 0.25) is 0 Å². The van der Waals surface area contributed by atoms with Gasteiger partial charge in [-0.15, -0.1) is 0 Å². The van der Waals surface area contributed by atoms with E-state index in [2.05, 4.69) is 14.9 Å². The standard InChI is InChI=1S/C13H17N3O2/c17-13(18)10-2-1-5-16(7-10)12-6-11(9-3-4-9)14-8-15-12/h6,8-10H,1-5,7H2,(H,17,18)/t10-/m1/s1. The molecular formula is C13H17N3O2. The van der Waals surface area contributed by atoms with Crippen LogP contribution >= 0.6 is 0 Å². The highest BCUT2D eigenvalue weighted by atomic mass is 16.4. The summed E-state index contributed by atoms with van der Waals surface area (Å²) in [5.74, 6) is 0.527. The van der Waals surface area contributed by atoms with E-state index in [1.807, 2.05) is 6.07 Å². The zero-order chi connectivity index (χ0) is 12.5. The highest BCUT2D eigenvalue weighted by Gasteiger charge is 2.28. The predicted octanol–water partition coefficient (Wildman–Crippen LogP) is 1.66. The van der Waals surface area contributed by atoms with Crippen molar-refractivity contribution in [2.24, 2.45) is 5.92 Å². The first-order valence-corrected chi connectivity index (χ1v) is 6.54. The van der Waals surface area contributed by atoms with Crippen molar-refractivity contribution in [2.75, 3.05) is 18.0 Å². The maximum absolute atomic E-state index is 11.1. The van der Waals surface area contributed by atoms with E-state index in [1.165, 1.54) is 12.8 Å². The summed E-state index contributed by atoms with van der Waals surface area (Å²) in [6.07, 6.45) is 5.72. The quantitative estimate of drug-likeness (QED) is 0.879. The lowest BCUT2D eigenvalue weighted by molar-refractivity contribution is -0.141. The van der Waals surface area contributed by atoms with Crippen LogP contribution in [0.4, 0.5) is 5.82 Å². The van der Waals surface area contributed by atoms with Crippen molar-refractivity contribution in [3.05, 3.63) is 18.1 Å². The van der Waals surface area contributed by atoms with E-state index in [1.54, 1.807) is 6.33 Å². The smallest absolute Gasteiger partial charge is 0.308 e. The Labute approximate surface area is 106 Å². The molecule has 0 spiro atoms. The zero-order valence-corrected chi connectivity index (χ0v) is 10.2. The van der Waals surface area contributed by atoms with Crippen molar-refractivity contribution >= 4 is 11.8 Å². The summed E-state index contributed by atoms with van der Waals surface area (Å²) in [6.45, 7) is 1.46. The third kappa shape index (κ3) is 2.30. The van der Waals surface area contributed by atoms with Crippen molar-refractivity contribution in [2.45, 2.75) is 31.6 Å². The SMILES string of the molecule is O=C(O)[C@@H]1CCCN(c2cc(C3CC3)ncn2)C1. The average Bonchev–Trinajstić information content (AvgIpc) is 3.23. The number of carboxylic acid groups (broad SMARTS) is 1. The predicted molar refractivity (Wildman–Crippen MR) is 66.6 cm³/mol. The summed E-state index contributed by atoms with van der Waals surface area (Å²) in [5, 5.41) is 9.10. The van der Waals surface area contributed by atoms with Crippen molar-refractivity contribution in [1.82, 2.24) is 9.97 Å². The first-order chi connectivity index (χ1) is 8.74. The summed E-state index contributed by atoms with van der Waals surface area (Å²) < 4.78 is 0. The first-order valence-electron chi connectivity index (χ1n) is 6.54. The molecule has 0 bridgehead atoms. The minimum atomic E-state index is -0.698. The zero-order valence-electron chi connectivity index (χ0n) is 10.2. The molecule has 1 N–H and O–H groups in total. The number of aromatic nitrogens is 2. The molecule has 3 rings (SSSR count). The van der Waals surface area contributed by atoms with Gasteiger partial charge in [-0.25, -0.2) is 9.97 Å². The lowest BCUT2D eigenvalue weighted by Crippen LogP contribution is -2.39. The Balaban J connectivity index is 1.76. The van der Waals surface area contributed by atoms with Gasteiger partial charge in [0.05, 0.1) is 5.92 Å². The molecule has 0 aromatic carbocycles. The fourth-order valence-corrected chi connectivity index (χ4v) is 2.52. The number of anilines is 1. The summed E-state index contributed by atoms with van der Waals surface area (Å²) in [7, 11) is 0. The molecule has 1 aliphatic carbocycles. The minimum Gasteiger partial charge on any atom is -0.481 e. The van der Waals surface area contributed by atoms with Crippen LogP contribution in [0, 0.1) is 5.92 Å². The van der Waals surface area contributed by atoms with E-state index in [9.17, 15) is 4.79 Å². The van der Waals surface area contributed by atoms with E-state index in [0.29, 0.717) is 12.5 Å². The molecule has 0 amide bonds. The number of hydrogen-bond acceptors (Lipinski definition) is 4. The van der Waals surface area contributed by atoms with Crippen molar-refractivity contribution < 1.29 is 9.90 Å². The Morgan fingerprint density at radius 2 is 2.17 bits per heavy atom. The molecule has 2 aliphatic rings. The van der Waals surface area contributed by atoms with Gasteiger partial charge in [-0.2, -0.15) is 0 Å². The number of carboxylic acids is 1. The second-order valence-electron chi connectivity index (χ2n) is 5.20. The van der Waals surface area contributed by atoms with Crippen molar-refractivity contribution in [3.8, 4) is 0 Å². The van der Waals surface area contributed by atoms with Crippen LogP contribution in [0.15, 0.2) is 12.4 Å². The molecule has 1 saturated carbocycles. The van der Waals surface area contributed by atoms with Gasteiger partial charge in [0, 0.05) is 30.8 Å². The fraction of sp³-hybridized carbons (Fsp3) is 0.615. The van der Waals surface area contributed by atoms with E-state index in [4.69, 9.17) is 5.11 Å². The minimum absolute atomic E-state index is 0.266. The number of aliphatic carboxylic acids is 1. The van der Waals surface area contributed by atoms with Gasteiger partial charge >= 0.3 is 5.97 Å². The molecule has 1 saturated heterocycles. The Morgan fingerprint density at radius 1 is 1.33 bits per heavy atom. The first kappa shape index (κ1) is 11.4. The molecule has 96 valence electrons. The highest BCUT2D eigenvalue weighted by molar-refractivity contribution is 5.71. The summed E-state index contributed by atoms with van der Waals surface area (Å²) in [5.41, 5.74) is 1.11. The number of carbonyl (C=O) groups is 1. The molecule has 5 heteroatoms. The largest absolute Gasteiger partial charge is 0.481 e. The lowest BCUT2D eigenvalue weighted by Gasteiger charge is -2.31. The molecule has 1 atom stereocenters. The van der Waals surface area contributed by atoms with E-state index >= 15 is 0 Å². The van der Waals surface area contributed by atoms with Crippen LogP contribution in [0.2, 0.25) is 0 Å². The van der Waals surface area contributed by atoms with Crippen LogP contribution in [0.25, 0.3) is 0 Å². The van der Waals surface area contributed by atoms with Gasteiger partial charge in [0.15, 0.2) is 0 Å². The topological polar surface area (TPSA) is 66.3 Å². The lowest BCUT2D eigenvalue weighted by atomic mass is 9.98. The monoisotopic (exact) mass is 247 g/mol. The van der Waals surface area contributed by atoms with E-state index in [-0.39, 0.29) is 5.92 Å². The second-order valence-corrected chi connectivity index (χ2v) is 5.20. The molecule has 2 fully saturated rings. The van der Waals surface area contributed by atoms with Gasteiger partial charge in [-0.3, -0.25) is 4.79 Å². The molecule has 1 aromatic rings. The van der Waals surface area contributed by atoms with Crippen LogP contribution in [0.3, 0.4) is 0 Å². The number of hydrogen-bond donors (Lipinski definition) is 1. The summed E-state index contributed by atoms with van der Waals surface area (Å²) in [6, 6.07) is 2.03. The molecule has 0 radical (unpaired) electrons. The van der Waals surface area contributed by atoms with Crippen LogP contribution in [-0.2, 0) is 4.79 Å². The highest BCUT2D eigenvalue weighted by Crippen LogP contribution is 2.39. The molecule has 1 aromatic heterocycles. The van der Waals surface area contributed by atoms with E-state index in [0.717, 1.165) is 30.9 Å². The Hall–Kier alpha value is -1.65. The van der Waals surface area contributed by atoms with Crippen LogP contribution < -0.4 is 4.90 Å². The summed E-state index contributed by atoms with van der Waals surface area (Å²) >= 11 is 0. The van der Waals surface area contributed by atoms with Gasteiger partial charge in [-0.1, -0.05) is 0 Å². The molecule has 5 nitrogen and oxygen atoms in total. The molecular weight excluding hydrogens is 230 g/mol. The average molecular weight is 247 g/mol. The molecule has 18 heavy (non-hydrogen) atoms. The molecule has 0 unspecified atom stereocenters. The van der Waals surface area contributed by atoms with Gasteiger partial charge in [-0.05, 0) is 25.7 Å². The van der Waals surface area contributed by atoms with Gasteiger partial charge in [0.1, 0.15) is 12.1 Å². The van der Waals surface area contributed by atoms with Crippen LogP contribution in [0.5, 0.6) is 0 Å². The summed E-state index contributed by atoms with van der Waals surface area (Å²) in [4.78, 5) is 21.7. The van der Waals surface area contributed by atoms with Crippen molar-refractivity contribution in [3.63, 3.8) is 0 Å². The van der Waals surface area contributed by atoms with Gasteiger partial charge in [0.25, 0.3) is 0 Å². The molecule has 1 aliphatic heterocycles. The van der Waals surface area contributed by atoms with E-state index < -0.39 is 5.97 Å².